The fourth-order valence-corrected chi connectivity index (χ4v) is 1.66. The summed E-state index contributed by atoms with van der Waals surface area (Å²) in [5, 5.41) is 8.78. The molecule has 1 aromatic rings. The third-order valence-electron chi connectivity index (χ3n) is 2.51. The normalized spacial score (nSPS) is 29.5. The first-order chi connectivity index (χ1) is 7.54. The molecule has 0 spiro atoms. The maximum Gasteiger partial charge on any atom is 0.351 e. The molecule has 0 bridgehead atoms. The third kappa shape index (κ3) is 1.91. The fourth-order valence-electron chi connectivity index (χ4n) is 1.66. The summed E-state index contributed by atoms with van der Waals surface area (Å²) in [5.41, 5.74) is 4.74. The Labute approximate surface area is 90.5 Å². The second-order valence-corrected chi connectivity index (χ2v) is 3.69. The van der Waals surface area contributed by atoms with E-state index in [1.807, 2.05) is 0 Å². The maximum atomic E-state index is 13.6. The minimum atomic E-state index is -2.06. The lowest BCUT2D eigenvalue weighted by Crippen LogP contribution is -2.31. The van der Waals surface area contributed by atoms with Crippen molar-refractivity contribution in [1.29, 1.82) is 0 Å². The molecule has 1 aliphatic heterocycles. The maximum absolute atomic E-state index is 13.6. The number of nitrogen functional groups attached to an aromatic ring is 1. The van der Waals surface area contributed by atoms with Crippen LogP contribution in [0.3, 0.4) is 0 Å². The molecule has 3 N–H and O–H groups in total. The molecule has 0 amide bonds. The third-order valence-corrected chi connectivity index (χ3v) is 2.51. The highest BCUT2D eigenvalue weighted by atomic mass is 19.2. The van der Waals surface area contributed by atoms with E-state index in [0.717, 1.165) is 4.57 Å². The van der Waals surface area contributed by atoms with E-state index in [4.69, 9.17) is 15.6 Å². The molecule has 0 radical (unpaired) electrons. The van der Waals surface area contributed by atoms with Crippen molar-refractivity contribution in [1.82, 2.24) is 9.55 Å². The lowest BCUT2D eigenvalue weighted by Gasteiger charge is -2.18. The number of halogens is 1. The summed E-state index contributed by atoms with van der Waals surface area (Å²) in [5.74, 6) is -1.96. The molecule has 0 unspecified atom stereocenters. The van der Waals surface area contributed by atoms with Crippen molar-refractivity contribution < 1.29 is 14.2 Å². The highest BCUT2D eigenvalue weighted by Crippen LogP contribution is 2.36. The van der Waals surface area contributed by atoms with Gasteiger partial charge in [-0.3, -0.25) is 4.57 Å². The zero-order valence-corrected chi connectivity index (χ0v) is 8.47. The molecule has 1 aliphatic rings. The molecule has 7 heteroatoms. The van der Waals surface area contributed by atoms with E-state index in [9.17, 15) is 9.18 Å². The summed E-state index contributed by atoms with van der Waals surface area (Å²) in [6.07, 6.45) is 1.02. The Morgan fingerprint density at radius 1 is 1.81 bits per heavy atom. The fraction of sp³-hybridized carbons (Fsp3) is 0.556. The number of nitrogens with two attached hydrogens (primary N) is 1. The van der Waals surface area contributed by atoms with Gasteiger partial charge in [-0.2, -0.15) is 4.98 Å². The molecule has 2 atom stereocenters. The summed E-state index contributed by atoms with van der Waals surface area (Å²) < 4.78 is 19.7. The average Bonchev–Trinajstić information content (AvgIpc) is 2.62. The van der Waals surface area contributed by atoms with Crippen LogP contribution in [0.2, 0.25) is 0 Å². The monoisotopic (exact) mass is 229 g/mol. The largest absolute Gasteiger partial charge is 0.390 e. The van der Waals surface area contributed by atoms with Crippen molar-refractivity contribution in [2.24, 2.45) is 0 Å². The van der Waals surface area contributed by atoms with Crippen molar-refractivity contribution in [3.8, 4) is 0 Å². The Balaban J connectivity index is 2.24. The number of hydrogen-bond acceptors (Lipinski definition) is 5. The molecule has 6 nitrogen and oxygen atoms in total. The summed E-state index contributed by atoms with van der Waals surface area (Å²) in [7, 11) is 0. The first-order valence-corrected chi connectivity index (χ1v) is 4.86. The summed E-state index contributed by atoms with van der Waals surface area (Å²) >= 11 is 0. The van der Waals surface area contributed by atoms with Gasteiger partial charge in [0.15, 0.2) is 0 Å². The van der Waals surface area contributed by atoms with Gasteiger partial charge in [0, 0.05) is 12.6 Å². The number of alkyl halides is 1. The molecule has 2 heterocycles. The van der Waals surface area contributed by atoms with Gasteiger partial charge in [-0.1, -0.05) is 0 Å². The summed E-state index contributed by atoms with van der Waals surface area (Å²) in [6.45, 7) is -0.722. The molecular formula is C9H12FN3O3. The van der Waals surface area contributed by atoms with E-state index < -0.39 is 24.4 Å². The van der Waals surface area contributed by atoms with Gasteiger partial charge in [0.1, 0.15) is 18.7 Å². The zero-order chi connectivity index (χ0) is 11.8. The van der Waals surface area contributed by atoms with Crippen LogP contribution in [0.5, 0.6) is 0 Å². The Morgan fingerprint density at radius 3 is 3.12 bits per heavy atom. The first-order valence-electron chi connectivity index (χ1n) is 4.86. The quantitative estimate of drug-likeness (QED) is 0.732. The van der Waals surface area contributed by atoms with Gasteiger partial charge < -0.3 is 15.6 Å². The Hall–Kier alpha value is -1.47. The SMILES string of the molecule is Nc1ccn([C@H]2CC[C@@](F)(CO)O2)c(=O)n1. The van der Waals surface area contributed by atoms with Gasteiger partial charge >= 0.3 is 5.69 Å². The summed E-state index contributed by atoms with van der Waals surface area (Å²) in [6, 6.07) is 1.43. The second kappa shape index (κ2) is 3.84. The van der Waals surface area contributed by atoms with Crippen molar-refractivity contribution in [2.75, 3.05) is 12.3 Å². The lowest BCUT2D eigenvalue weighted by molar-refractivity contribution is -0.177. The van der Waals surface area contributed by atoms with Crippen molar-refractivity contribution in [3.63, 3.8) is 0 Å². The van der Waals surface area contributed by atoms with Crippen molar-refractivity contribution >= 4 is 5.82 Å². The number of ether oxygens (including phenoxy) is 1. The minimum Gasteiger partial charge on any atom is -0.390 e. The minimum absolute atomic E-state index is 0.0466. The first kappa shape index (κ1) is 11.0. The van der Waals surface area contributed by atoms with E-state index >= 15 is 0 Å². The Morgan fingerprint density at radius 2 is 2.56 bits per heavy atom. The van der Waals surface area contributed by atoms with Gasteiger partial charge in [0.05, 0.1) is 0 Å². The van der Waals surface area contributed by atoms with Gasteiger partial charge in [0.2, 0.25) is 5.85 Å². The number of aliphatic hydroxyl groups is 1. The zero-order valence-electron chi connectivity index (χ0n) is 8.47. The van der Waals surface area contributed by atoms with Gasteiger partial charge in [0.25, 0.3) is 0 Å². The second-order valence-electron chi connectivity index (χ2n) is 3.69. The average molecular weight is 229 g/mol. The Bertz CT molecular complexity index is 450. The highest BCUT2D eigenvalue weighted by molar-refractivity contribution is 5.23. The highest BCUT2D eigenvalue weighted by Gasteiger charge is 2.41. The van der Waals surface area contributed by atoms with Gasteiger partial charge in [-0.05, 0) is 12.5 Å². The van der Waals surface area contributed by atoms with E-state index in [2.05, 4.69) is 4.98 Å². The van der Waals surface area contributed by atoms with Gasteiger partial charge in [-0.25, -0.2) is 9.18 Å². The molecule has 0 saturated carbocycles. The van der Waals surface area contributed by atoms with Crippen molar-refractivity contribution in [3.05, 3.63) is 22.7 Å². The van der Waals surface area contributed by atoms with Crippen LogP contribution in [0.25, 0.3) is 0 Å². The van der Waals surface area contributed by atoms with Crippen LogP contribution in [0.1, 0.15) is 19.1 Å². The van der Waals surface area contributed by atoms with Crippen molar-refractivity contribution in [2.45, 2.75) is 24.9 Å². The smallest absolute Gasteiger partial charge is 0.351 e. The number of aliphatic hydroxyl groups excluding tert-OH is 1. The molecule has 1 saturated heterocycles. The standard InChI is InChI=1S/C9H12FN3O3/c10-9(5-14)3-1-7(16-9)13-4-2-6(11)12-8(13)15/h2,4,7,14H,1,3,5H2,(H2,11,12,15)/t7-,9+/m1/s1. The van der Waals surface area contributed by atoms with Crippen LogP contribution in [0, 0.1) is 0 Å². The Kier molecular flexibility index (Phi) is 2.64. The molecule has 1 aromatic heterocycles. The predicted octanol–water partition coefficient (Wildman–Crippen LogP) is -0.207. The molecule has 1 fully saturated rings. The summed E-state index contributed by atoms with van der Waals surface area (Å²) in [4.78, 5) is 14.9. The van der Waals surface area contributed by atoms with Crippen LogP contribution >= 0.6 is 0 Å². The predicted molar refractivity (Wildman–Crippen MR) is 53.2 cm³/mol. The lowest BCUT2D eigenvalue weighted by atomic mass is 10.2. The van der Waals surface area contributed by atoms with Crippen LogP contribution in [-0.2, 0) is 4.74 Å². The van der Waals surface area contributed by atoms with Crippen LogP contribution in [0.15, 0.2) is 17.1 Å². The molecular weight excluding hydrogens is 217 g/mol. The van der Waals surface area contributed by atoms with E-state index in [0.29, 0.717) is 6.42 Å². The van der Waals surface area contributed by atoms with Crippen LogP contribution in [0.4, 0.5) is 10.2 Å². The van der Waals surface area contributed by atoms with E-state index in [-0.39, 0.29) is 12.2 Å². The van der Waals surface area contributed by atoms with Crippen LogP contribution in [-0.4, -0.2) is 27.1 Å². The number of nitrogens with zero attached hydrogens (tertiary/aromatic N) is 2. The molecule has 88 valence electrons. The molecule has 16 heavy (non-hydrogen) atoms. The number of rotatable bonds is 2. The topological polar surface area (TPSA) is 90.4 Å². The van der Waals surface area contributed by atoms with E-state index in [1.54, 1.807) is 0 Å². The number of aromatic nitrogens is 2. The number of hydrogen-bond donors (Lipinski definition) is 2. The molecule has 0 aliphatic carbocycles. The van der Waals surface area contributed by atoms with Crippen LogP contribution < -0.4 is 11.4 Å². The van der Waals surface area contributed by atoms with Gasteiger partial charge in [-0.15, -0.1) is 0 Å². The molecule has 2 rings (SSSR count). The number of anilines is 1. The van der Waals surface area contributed by atoms with E-state index in [1.165, 1.54) is 12.3 Å². The molecule has 0 aromatic carbocycles.